The molecule has 0 aromatic rings. The summed E-state index contributed by atoms with van der Waals surface area (Å²) in [6, 6.07) is -0.0650. The third-order valence-corrected chi connectivity index (χ3v) is 3.45. The van der Waals surface area contributed by atoms with Crippen LogP contribution in [0.15, 0.2) is 0 Å². The van der Waals surface area contributed by atoms with E-state index in [0.29, 0.717) is 6.54 Å². The van der Waals surface area contributed by atoms with Crippen LogP contribution in [0.25, 0.3) is 0 Å². The molecule has 2 unspecified atom stereocenters. The van der Waals surface area contributed by atoms with Gasteiger partial charge in [0.15, 0.2) is 0 Å². The highest BCUT2D eigenvalue weighted by atomic mass is 16.2. The van der Waals surface area contributed by atoms with Crippen molar-refractivity contribution in [3.63, 3.8) is 0 Å². The van der Waals surface area contributed by atoms with Gasteiger partial charge in [-0.05, 0) is 13.3 Å². The van der Waals surface area contributed by atoms with Crippen LogP contribution in [0.3, 0.4) is 0 Å². The quantitative estimate of drug-likeness (QED) is 0.691. The lowest BCUT2D eigenvalue weighted by Crippen LogP contribution is -2.59. The van der Waals surface area contributed by atoms with Crippen molar-refractivity contribution >= 4 is 11.8 Å². The van der Waals surface area contributed by atoms with E-state index >= 15 is 0 Å². The maximum Gasteiger partial charge on any atom is 0.240 e. The molecular weight excluding hydrogens is 244 g/mol. The molecule has 1 heterocycles. The van der Waals surface area contributed by atoms with Crippen LogP contribution in [0.5, 0.6) is 0 Å². The average molecular weight is 270 g/mol. The molecule has 2 amide bonds. The Morgan fingerprint density at radius 3 is 2.74 bits per heavy atom. The van der Waals surface area contributed by atoms with Crippen molar-refractivity contribution in [3.8, 4) is 0 Å². The van der Waals surface area contributed by atoms with Crippen LogP contribution in [0, 0.1) is 0 Å². The Hall–Kier alpha value is -1.14. The van der Waals surface area contributed by atoms with E-state index in [1.165, 1.54) is 0 Å². The summed E-state index contributed by atoms with van der Waals surface area (Å²) in [6.07, 6.45) is 0.910. The SMILES string of the molecule is CCC(C)NC(=O)CN1CCNCC1C(=O)N(C)C. The lowest BCUT2D eigenvalue weighted by atomic mass is 10.1. The van der Waals surface area contributed by atoms with Gasteiger partial charge in [0.2, 0.25) is 11.8 Å². The molecule has 1 aliphatic heterocycles. The number of piperazine rings is 1. The first kappa shape index (κ1) is 15.9. The van der Waals surface area contributed by atoms with E-state index < -0.39 is 0 Å². The van der Waals surface area contributed by atoms with Crippen LogP contribution in [-0.4, -0.2) is 74.0 Å². The van der Waals surface area contributed by atoms with Crippen LogP contribution in [0.1, 0.15) is 20.3 Å². The number of amides is 2. The average Bonchev–Trinajstić information content (AvgIpc) is 2.38. The molecule has 0 bridgehead atoms. The van der Waals surface area contributed by atoms with Crippen LogP contribution in [0.4, 0.5) is 0 Å². The van der Waals surface area contributed by atoms with Crippen molar-refractivity contribution in [3.05, 3.63) is 0 Å². The standard InChI is InChI=1S/C13H26N4O2/c1-5-10(2)15-12(18)9-17-7-6-14-8-11(17)13(19)16(3)4/h10-11,14H,5-9H2,1-4H3,(H,15,18). The molecule has 2 N–H and O–H groups in total. The predicted octanol–water partition coefficient (Wildman–Crippen LogP) is -0.737. The van der Waals surface area contributed by atoms with Crippen LogP contribution in [0.2, 0.25) is 0 Å². The molecule has 0 radical (unpaired) electrons. The number of nitrogens with zero attached hydrogens (tertiary/aromatic N) is 2. The van der Waals surface area contributed by atoms with Gasteiger partial charge in [-0.25, -0.2) is 0 Å². The highest BCUT2D eigenvalue weighted by Crippen LogP contribution is 2.05. The Morgan fingerprint density at radius 1 is 1.47 bits per heavy atom. The fraction of sp³-hybridized carbons (Fsp3) is 0.846. The fourth-order valence-corrected chi connectivity index (χ4v) is 2.08. The molecule has 0 aliphatic carbocycles. The number of nitrogens with one attached hydrogen (secondary N) is 2. The highest BCUT2D eigenvalue weighted by Gasteiger charge is 2.30. The van der Waals surface area contributed by atoms with E-state index in [0.717, 1.165) is 19.5 Å². The fourth-order valence-electron chi connectivity index (χ4n) is 2.08. The minimum Gasteiger partial charge on any atom is -0.353 e. The number of carbonyl (C=O) groups excluding carboxylic acids is 2. The first-order valence-corrected chi connectivity index (χ1v) is 6.91. The Morgan fingerprint density at radius 2 is 2.16 bits per heavy atom. The zero-order valence-corrected chi connectivity index (χ0v) is 12.4. The summed E-state index contributed by atoms with van der Waals surface area (Å²) < 4.78 is 0. The van der Waals surface area contributed by atoms with Crippen LogP contribution in [-0.2, 0) is 9.59 Å². The lowest BCUT2D eigenvalue weighted by molar-refractivity contribution is -0.136. The van der Waals surface area contributed by atoms with Gasteiger partial charge in [0.05, 0.1) is 6.54 Å². The van der Waals surface area contributed by atoms with Crippen molar-refractivity contribution in [2.75, 3.05) is 40.3 Å². The van der Waals surface area contributed by atoms with E-state index in [2.05, 4.69) is 10.6 Å². The Kier molecular flexibility index (Phi) is 6.24. The third kappa shape index (κ3) is 4.80. The monoisotopic (exact) mass is 270 g/mol. The Balaban J connectivity index is 2.57. The summed E-state index contributed by atoms with van der Waals surface area (Å²) in [4.78, 5) is 27.5. The first-order valence-electron chi connectivity index (χ1n) is 6.91. The highest BCUT2D eigenvalue weighted by molar-refractivity contribution is 5.83. The van der Waals surface area contributed by atoms with Gasteiger partial charge in [-0.1, -0.05) is 6.92 Å². The minimum absolute atomic E-state index is 0.00666. The molecule has 19 heavy (non-hydrogen) atoms. The molecule has 6 nitrogen and oxygen atoms in total. The molecular formula is C13H26N4O2. The van der Waals surface area contributed by atoms with Gasteiger partial charge in [0.1, 0.15) is 6.04 Å². The summed E-state index contributed by atoms with van der Waals surface area (Å²) in [6.45, 7) is 6.45. The molecule has 1 rings (SSSR count). The minimum atomic E-state index is -0.244. The van der Waals surface area contributed by atoms with E-state index in [4.69, 9.17) is 0 Å². The van der Waals surface area contributed by atoms with Crippen molar-refractivity contribution in [1.82, 2.24) is 20.4 Å². The number of carbonyl (C=O) groups is 2. The van der Waals surface area contributed by atoms with Crippen LogP contribution >= 0.6 is 0 Å². The lowest BCUT2D eigenvalue weighted by Gasteiger charge is -2.36. The second-order valence-corrected chi connectivity index (χ2v) is 5.30. The van der Waals surface area contributed by atoms with Crippen molar-refractivity contribution in [2.24, 2.45) is 0 Å². The molecule has 1 saturated heterocycles. The van der Waals surface area contributed by atoms with E-state index in [-0.39, 0.29) is 30.4 Å². The maximum atomic E-state index is 12.1. The van der Waals surface area contributed by atoms with Gasteiger partial charge in [-0.15, -0.1) is 0 Å². The molecule has 2 atom stereocenters. The maximum absolute atomic E-state index is 12.1. The summed E-state index contributed by atoms with van der Waals surface area (Å²) in [5.74, 6) is 0.0383. The second kappa shape index (κ2) is 7.45. The van der Waals surface area contributed by atoms with Gasteiger partial charge >= 0.3 is 0 Å². The van der Waals surface area contributed by atoms with Crippen molar-refractivity contribution < 1.29 is 9.59 Å². The molecule has 0 spiro atoms. The number of hydrogen-bond donors (Lipinski definition) is 2. The third-order valence-electron chi connectivity index (χ3n) is 3.45. The normalized spacial score (nSPS) is 21.8. The zero-order valence-electron chi connectivity index (χ0n) is 12.4. The molecule has 1 fully saturated rings. The number of hydrogen-bond acceptors (Lipinski definition) is 4. The van der Waals surface area contributed by atoms with Gasteiger partial charge < -0.3 is 15.5 Å². The van der Waals surface area contributed by atoms with Gasteiger partial charge in [-0.2, -0.15) is 0 Å². The van der Waals surface area contributed by atoms with Crippen molar-refractivity contribution in [2.45, 2.75) is 32.4 Å². The largest absolute Gasteiger partial charge is 0.353 e. The zero-order chi connectivity index (χ0) is 14.4. The smallest absolute Gasteiger partial charge is 0.240 e. The van der Waals surface area contributed by atoms with E-state index in [1.54, 1.807) is 19.0 Å². The first-order chi connectivity index (χ1) is 8.95. The van der Waals surface area contributed by atoms with Crippen LogP contribution < -0.4 is 10.6 Å². The predicted molar refractivity (Wildman–Crippen MR) is 74.8 cm³/mol. The molecule has 0 saturated carbocycles. The van der Waals surface area contributed by atoms with Gasteiger partial charge in [-0.3, -0.25) is 14.5 Å². The summed E-state index contributed by atoms with van der Waals surface area (Å²) in [5.41, 5.74) is 0. The molecule has 0 aromatic carbocycles. The van der Waals surface area contributed by atoms with Crippen molar-refractivity contribution in [1.29, 1.82) is 0 Å². The number of likely N-dealkylation sites (N-methyl/N-ethyl adjacent to an activating group) is 1. The molecule has 0 aromatic heterocycles. The second-order valence-electron chi connectivity index (χ2n) is 5.30. The van der Waals surface area contributed by atoms with E-state index in [1.807, 2.05) is 18.7 Å². The summed E-state index contributed by atoms with van der Waals surface area (Å²) >= 11 is 0. The molecule has 6 heteroatoms. The van der Waals surface area contributed by atoms with E-state index in [9.17, 15) is 9.59 Å². The molecule has 1 aliphatic rings. The Labute approximate surface area is 115 Å². The van der Waals surface area contributed by atoms with Gasteiger partial charge in [0, 0.05) is 39.8 Å². The number of rotatable bonds is 5. The molecule has 110 valence electrons. The Bertz CT molecular complexity index is 320. The summed E-state index contributed by atoms with van der Waals surface area (Å²) in [5, 5.41) is 6.14. The topological polar surface area (TPSA) is 64.7 Å². The van der Waals surface area contributed by atoms with Gasteiger partial charge in [0.25, 0.3) is 0 Å². The summed E-state index contributed by atoms with van der Waals surface area (Å²) in [7, 11) is 3.49.